The Morgan fingerprint density at radius 3 is 2.64 bits per heavy atom. The lowest BCUT2D eigenvalue weighted by Gasteiger charge is -2.11. The number of hydrogen-bond acceptors (Lipinski definition) is 5. The van der Waals surface area contributed by atoms with Crippen LogP contribution in [0.25, 0.3) is 5.65 Å². The van der Waals surface area contributed by atoms with Crippen LogP contribution in [0.2, 0.25) is 0 Å². The molecular weight excluding hydrogens is 416 g/mol. The number of esters is 1. The van der Waals surface area contributed by atoms with E-state index < -0.39 is 0 Å². The topological polar surface area (TPSA) is 92.9 Å². The van der Waals surface area contributed by atoms with Crippen LogP contribution in [0.3, 0.4) is 0 Å². The summed E-state index contributed by atoms with van der Waals surface area (Å²) in [6.45, 7) is 3.86. The molecule has 0 aliphatic rings. The van der Waals surface area contributed by atoms with Crippen molar-refractivity contribution in [2.45, 2.75) is 26.6 Å². The fraction of sp³-hybridized carbons (Fsp3) is 0.200. The molecule has 4 aromatic rings. The summed E-state index contributed by atoms with van der Waals surface area (Å²) in [5.41, 5.74) is 3.17. The number of hydrogen-bond donors (Lipinski definition) is 2. The number of pyridine rings is 1. The van der Waals surface area contributed by atoms with Crippen molar-refractivity contribution in [1.29, 1.82) is 0 Å². The molecule has 0 aliphatic carbocycles. The van der Waals surface area contributed by atoms with Gasteiger partial charge in [-0.25, -0.2) is 9.79 Å². The summed E-state index contributed by atoms with van der Waals surface area (Å²) in [4.78, 5) is 17.1. The van der Waals surface area contributed by atoms with Crippen molar-refractivity contribution in [2.24, 2.45) is 4.99 Å². The number of nitrogens with zero attached hydrogens (tertiary/aromatic N) is 4. The molecule has 33 heavy (non-hydrogen) atoms. The molecule has 0 radical (unpaired) electrons. The number of carbonyl (C=O) groups is 1. The van der Waals surface area contributed by atoms with Crippen molar-refractivity contribution in [3.05, 3.63) is 102 Å². The zero-order valence-electron chi connectivity index (χ0n) is 18.4. The number of ether oxygens (including phenoxy) is 1. The highest BCUT2D eigenvalue weighted by atomic mass is 16.5. The minimum atomic E-state index is -0.353. The smallest absolute Gasteiger partial charge is 0.338 e. The Labute approximate surface area is 192 Å². The van der Waals surface area contributed by atoms with Gasteiger partial charge in [-0.15, -0.1) is 10.2 Å². The largest absolute Gasteiger partial charge is 0.457 e. The minimum absolute atomic E-state index is 0.244. The lowest BCUT2D eigenvalue weighted by Crippen LogP contribution is -2.37. The highest BCUT2D eigenvalue weighted by molar-refractivity contribution is 5.89. The van der Waals surface area contributed by atoms with Crippen LogP contribution >= 0.6 is 0 Å². The van der Waals surface area contributed by atoms with Crippen LogP contribution in [0, 0.1) is 0 Å². The van der Waals surface area contributed by atoms with E-state index >= 15 is 0 Å². The molecular formula is C25H26N6O2. The summed E-state index contributed by atoms with van der Waals surface area (Å²) >= 11 is 0. The molecule has 0 bridgehead atoms. The average Bonchev–Trinajstić information content (AvgIpc) is 3.28. The minimum Gasteiger partial charge on any atom is -0.457 e. The normalized spacial score (nSPS) is 11.4. The van der Waals surface area contributed by atoms with Gasteiger partial charge in [0.05, 0.1) is 18.7 Å². The van der Waals surface area contributed by atoms with Gasteiger partial charge in [0.15, 0.2) is 17.4 Å². The quantitative estimate of drug-likeness (QED) is 0.247. The summed E-state index contributed by atoms with van der Waals surface area (Å²) < 4.78 is 7.37. The highest BCUT2D eigenvalue weighted by Gasteiger charge is 2.09. The first kappa shape index (κ1) is 22.0. The number of aliphatic imine (C=N–C) groups is 1. The maximum atomic E-state index is 12.5. The Morgan fingerprint density at radius 1 is 0.970 bits per heavy atom. The molecule has 8 heteroatoms. The Kier molecular flexibility index (Phi) is 7.27. The Bertz CT molecular complexity index is 1240. The van der Waals surface area contributed by atoms with Crippen molar-refractivity contribution in [2.75, 3.05) is 6.54 Å². The molecule has 0 fully saturated rings. The molecule has 0 amide bonds. The number of guanidine groups is 1. The van der Waals surface area contributed by atoms with Crippen molar-refractivity contribution < 1.29 is 9.53 Å². The van der Waals surface area contributed by atoms with Gasteiger partial charge in [0.2, 0.25) is 0 Å². The molecule has 0 aliphatic heterocycles. The van der Waals surface area contributed by atoms with Crippen LogP contribution in [-0.4, -0.2) is 33.1 Å². The Balaban J connectivity index is 1.37. The standard InChI is InChI=1S/C25H26N6O2/c1-2-26-25(28-17-23-30-29-22-13-6-7-14-31(22)23)27-16-20-11-8-12-21(15-20)24(32)33-18-19-9-4-3-5-10-19/h3-15H,2,16-18H2,1H3,(H2,26,27,28). The fourth-order valence-corrected chi connectivity index (χ4v) is 3.29. The number of benzene rings is 2. The zero-order chi connectivity index (χ0) is 22.9. The number of aromatic nitrogens is 3. The van der Waals surface area contributed by atoms with Gasteiger partial charge in [-0.05, 0) is 42.3 Å². The highest BCUT2D eigenvalue weighted by Crippen LogP contribution is 2.10. The van der Waals surface area contributed by atoms with Crippen molar-refractivity contribution in [1.82, 2.24) is 25.2 Å². The van der Waals surface area contributed by atoms with E-state index in [2.05, 4.69) is 25.8 Å². The monoisotopic (exact) mass is 442 g/mol. The molecule has 0 unspecified atom stereocenters. The second-order valence-corrected chi connectivity index (χ2v) is 7.36. The SMILES string of the molecule is CCNC(=NCc1cccc(C(=O)OCc2ccccc2)c1)NCc1nnc2ccccn12. The van der Waals surface area contributed by atoms with Gasteiger partial charge in [-0.2, -0.15) is 0 Å². The first-order valence-corrected chi connectivity index (χ1v) is 10.8. The predicted molar refractivity (Wildman–Crippen MR) is 127 cm³/mol. The summed E-state index contributed by atoms with van der Waals surface area (Å²) in [5, 5.41) is 14.9. The predicted octanol–water partition coefficient (Wildman–Crippen LogP) is 3.34. The van der Waals surface area contributed by atoms with Crippen LogP contribution < -0.4 is 10.6 Å². The molecule has 2 aromatic heterocycles. The Morgan fingerprint density at radius 2 is 1.79 bits per heavy atom. The van der Waals surface area contributed by atoms with Crippen LogP contribution in [-0.2, 0) is 24.4 Å². The van der Waals surface area contributed by atoms with Gasteiger partial charge < -0.3 is 15.4 Å². The van der Waals surface area contributed by atoms with E-state index in [-0.39, 0.29) is 12.6 Å². The molecule has 0 atom stereocenters. The third kappa shape index (κ3) is 5.94. The molecule has 2 aromatic carbocycles. The molecule has 0 spiro atoms. The number of carbonyl (C=O) groups excluding carboxylic acids is 1. The van der Waals surface area contributed by atoms with Gasteiger partial charge in [-0.1, -0.05) is 48.5 Å². The van der Waals surface area contributed by atoms with Crippen molar-refractivity contribution >= 4 is 17.6 Å². The second-order valence-electron chi connectivity index (χ2n) is 7.36. The lowest BCUT2D eigenvalue weighted by atomic mass is 10.1. The van der Waals surface area contributed by atoms with E-state index in [0.29, 0.717) is 24.6 Å². The van der Waals surface area contributed by atoms with Crippen molar-refractivity contribution in [3.8, 4) is 0 Å². The molecule has 0 saturated heterocycles. The molecule has 2 heterocycles. The van der Waals surface area contributed by atoms with Gasteiger partial charge >= 0.3 is 5.97 Å². The third-order valence-electron chi connectivity index (χ3n) is 4.94. The van der Waals surface area contributed by atoms with E-state index in [9.17, 15) is 4.79 Å². The number of rotatable bonds is 8. The van der Waals surface area contributed by atoms with Gasteiger partial charge in [0.1, 0.15) is 6.61 Å². The summed E-state index contributed by atoms with van der Waals surface area (Å²) in [6.07, 6.45) is 1.93. The van der Waals surface area contributed by atoms with Crippen molar-refractivity contribution in [3.63, 3.8) is 0 Å². The van der Waals surface area contributed by atoms with E-state index in [1.807, 2.05) is 84.3 Å². The van der Waals surface area contributed by atoms with Crippen LogP contribution in [0.1, 0.15) is 34.2 Å². The number of nitrogens with one attached hydrogen (secondary N) is 2. The van der Waals surface area contributed by atoms with Gasteiger partial charge in [0, 0.05) is 12.7 Å². The zero-order valence-corrected chi connectivity index (χ0v) is 18.4. The first-order valence-electron chi connectivity index (χ1n) is 10.8. The third-order valence-corrected chi connectivity index (χ3v) is 4.94. The van der Waals surface area contributed by atoms with E-state index in [0.717, 1.165) is 29.1 Å². The Hall–Kier alpha value is -4.20. The summed E-state index contributed by atoms with van der Waals surface area (Å²) in [5.74, 6) is 1.09. The maximum absolute atomic E-state index is 12.5. The first-order chi connectivity index (χ1) is 16.2. The van der Waals surface area contributed by atoms with Crippen LogP contribution in [0.5, 0.6) is 0 Å². The van der Waals surface area contributed by atoms with Gasteiger partial charge in [-0.3, -0.25) is 4.40 Å². The van der Waals surface area contributed by atoms with Crippen LogP contribution in [0.15, 0.2) is 84.0 Å². The average molecular weight is 443 g/mol. The second kappa shape index (κ2) is 10.9. The summed E-state index contributed by atoms with van der Waals surface area (Å²) in [7, 11) is 0. The van der Waals surface area contributed by atoms with Gasteiger partial charge in [0.25, 0.3) is 0 Å². The summed E-state index contributed by atoms with van der Waals surface area (Å²) in [6, 6.07) is 22.7. The van der Waals surface area contributed by atoms with E-state index in [1.54, 1.807) is 6.07 Å². The molecule has 4 rings (SSSR count). The van der Waals surface area contributed by atoms with E-state index in [4.69, 9.17) is 4.74 Å². The lowest BCUT2D eigenvalue weighted by molar-refractivity contribution is 0.0472. The fourth-order valence-electron chi connectivity index (χ4n) is 3.29. The molecule has 2 N–H and O–H groups in total. The van der Waals surface area contributed by atoms with E-state index in [1.165, 1.54) is 0 Å². The van der Waals surface area contributed by atoms with Crippen LogP contribution in [0.4, 0.5) is 0 Å². The molecule has 8 nitrogen and oxygen atoms in total. The maximum Gasteiger partial charge on any atom is 0.338 e. The number of fused-ring (bicyclic) bond motifs is 1. The molecule has 0 saturated carbocycles. The molecule has 168 valence electrons.